The van der Waals surface area contributed by atoms with Gasteiger partial charge in [0, 0.05) is 24.9 Å². The first-order valence-electron chi connectivity index (χ1n) is 10.3. The molecule has 3 rings (SSSR count). The van der Waals surface area contributed by atoms with Crippen LogP contribution in [0.3, 0.4) is 0 Å². The van der Waals surface area contributed by atoms with Crippen molar-refractivity contribution in [1.82, 2.24) is 10.6 Å². The predicted molar refractivity (Wildman–Crippen MR) is 109 cm³/mol. The van der Waals surface area contributed by atoms with Gasteiger partial charge in [0.1, 0.15) is 6.54 Å². The number of carbonyl (C=O) groups excluding carboxylic acids is 2. The number of benzene rings is 1. The van der Waals surface area contributed by atoms with Crippen LogP contribution in [0.5, 0.6) is 0 Å². The Kier molecular flexibility index (Phi) is 7.43. The maximum Gasteiger partial charge on any atom is 0.309 e. The quantitative estimate of drug-likeness (QED) is 0.330. The van der Waals surface area contributed by atoms with Crippen LogP contribution in [0.25, 0.3) is 0 Å². The highest BCUT2D eigenvalue weighted by Crippen LogP contribution is 2.15. The lowest BCUT2D eigenvalue weighted by Gasteiger charge is -2.31. The first-order chi connectivity index (χ1) is 14.0. The fourth-order valence-electron chi connectivity index (χ4n) is 3.83. The van der Waals surface area contributed by atoms with Crippen molar-refractivity contribution >= 4 is 11.8 Å². The largest absolute Gasteiger partial charge is 0.463 e. The Labute approximate surface area is 172 Å². The summed E-state index contributed by atoms with van der Waals surface area (Å²) in [5, 5.41) is 5.50. The second kappa shape index (κ2) is 10.2. The van der Waals surface area contributed by atoms with Gasteiger partial charge in [-0.1, -0.05) is 24.3 Å². The topological polar surface area (TPSA) is 80.2 Å². The Morgan fingerprint density at radius 3 is 2.59 bits per heavy atom. The Morgan fingerprint density at radius 2 is 1.86 bits per heavy atom. The molecule has 7 nitrogen and oxygen atoms in total. The fraction of sp³-hybridized carbons (Fsp3) is 0.455. The zero-order valence-electron chi connectivity index (χ0n) is 17.3. The van der Waals surface area contributed by atoms with Gasteiger partial charge in [0.25, 0.3) is 0 Å². The highest BCUT2D eigenvalue weighted by molar-refractivity contribution is 6.35. The number of furan rings is 1. The monoisotopic (exact) mass is 400 g/mol. The first-order valence-corrected chi connectivity index (χ1v) is 10.3. The Hall–Kier alpha value is -2.64. The summed E-state index contributed by atoms with van der Waals surface area (Å²) in [6.45, 7) is 3.64. The van der Waals surface area contributed by atoms with Gasteiger partial charge in [-0.15, -0.1) is 0 Å². The van der Waals surface area contributed by atoms with E-state index in [1.165, 1.54) is 20.9 Å². The second-order valence-electron chi connectivity index (χ2n) is 7.95. The molecule has 0 spiro atoms. The van der Waals surface area contributed by atoms with Crippen LogP contribution < -0.4 is 20.4 Å². The zero-order valence-corrected chi connectivity index (χ0v) is 17.3. The zero-order chi connectivity index (χ0) is 20.6. The van der Waals surface area contributed by atoms with E-state index in [4.69, 9.17) is 4.42 Å². The summed E-state index contributed by atoms with van der Waals surface area (Å²) >= 11 is 0. The van der Waals surface area contributed by atoms with Crippen LogP contribution in [-0.4, -0.2) is 52.1 Å². The standard InChI is InChI=1S/C22H30N4O3/c1-25(2)12-6-11-23-21(27)22(28)24-15-19(20-9-5-14-29-20)26-13-10-17-7-3-4-8-18(17)16-26/h3-5,7-9,14,19H,6,10-13,15-16H2,1-2H3,(H,23,27)(H,24,28)/p+2/t19-/m0/s1. The van der Waals surface area contributed by atoms with E-state index in [0.717, 1.165) is 38.2 Å². The van der Waals surface area contributed by atoms with Gasteiger partial charge in [0.15, 0.2) is 11.8 Å². The van der Waals surface area contributed by atoms with E-state index in [1.807, 2.05) is 12.1 Å². The van der Waals surface area contributed by atoms with Crippen molar-refractivity contribution < 1.29 is 23.8 Å². The number of quaternary nitrogens is 2. The van der Waals surface area contributed by atoms with Gasteiger partial charge in [-0.2, -0.15) is 0 Å². The van der Waals surface area contributed by atoms with Gasteiger partial charge in [-0.3, -0.25) is 9.59 Å². The minimum Gasteiger partial charge on any atom is -0.463 e. The van der Waals surface area contributed by atoms with Crippen molar-refractivity contribution in [3.8, 4) is 0 Å². The molecule has 0 saturated carbocycles. The second-order valence-corrected chi connectivity index (χ2v) is 7.95. The molecule has 156 valence electrons. The number of hydrogen-bond acceptors (Lipinski definition) is 3. The molecule has 0 fully saturated rings. The summed E-state index contributed by atoms with van der Waals surface area (Å²) in [4.78, 5) is 27.0. The Morgan fingerprint density at radius 1 is 1.10 bits per heavy atom. The van der Waals surface area contributed by atoms with Crippen molar-refractivity contribution in [1.29, 1.82) is 0 Å². The lowest BCUT2D eigenvalue weighted by atomic mass is 9.98. The molecule has 2 atom stereocenters. The highest BCUT2D eigenvalue weighted by Gasteiger charge is 2.31. The van der Waals surface area contributed by atoms with Gasteiger partial charge in [-0.05, 0) is 17.7 Å². The summed E-state index contributed by atoms with van der Waals surface area (Å²) in [5.41, 5.74) is 2.72. The molecule has 0 radical (unpaired) electrons. The molecule has 2 heterocycles. The van der Waals surface area contributed by atoms with Crippen molar-refractivity contribution in [2.45, 2.75) is 25.4 Å². The van der Waals surface area contributed by atoms with Crippen LogP contribution in [-0.2, 0) is 22.6 Å². The number of nitrogens with one attached hydrogen (secondary N) is 4. The number of fused-ring (bicyclic) bond motifs is 1. The molecule has 29 heavy (non-hydrogen) atoms. The highest BCUT2D eigenvalue weighted by atomic mass is 16.3. The predicted octanol–water partition coefficient (Wildman–Crippen LogP) is -1.27. The first kappa shape index (κ1) is 21.1. The molecule has 1 aromatic carbocycles. The molecule has 0 saturated heterocycles. The van der Waals surface area contributed by atoms with Crippen LogP contribution >= 0.6 is 0 Å². The lowest BCUT2D eigenvalue weighted by molar-refractivity contribution is -0.946. The van der Waals surface area contributed by atoms with Crippen molar-refractivity contribution in [3.05, 3.63) is 59.5 Å². The molecule has 7 heteroatoms. The van der Waals surface area contributed by atoms with Crippen molar-refractivity contribution in [2.24, 2.45) is 0 Å². The van der Waals surface area contributed by atoms with Crippen molar-refractivity contribution in [2.75, 3.05) is 40.3 Å². The summed E-state index contributed by atoms with van der Waals surface area (Å²) in [5.74, 6) is -0.333. The van der Waals surface area contributed by atoms with Crippen LogP contribution in [0.4, 0.5) is 0 Å². The molecule has 1 aromatic heterocycles. The number of amides is 2. The average Bonchev–Trinajstić information content (AvgIpc) is 3.25. The number of rotatable bonds is 8. The van der Waals surface area contributed by atoms with E-state index < -0.39 is 11.8 Å². The molecule has 1 aliphatic heterocycles. The van der Waals surface area contributed by atoms with Crippen LogP contribution in [0.2, 0.25) is 0 Å². The third-order valence-electron chi connectivity index (χ3n) is 5.44. The average molecular weight is 401 g/mol. The maximum absolute atomic E-state index is 12.3. The van der Waals surface area contributed by atoms with E-state index in [0.29, 0.717) is 13.1 Å². The molecule has 4 N–H and O–H groups in total. The Balaban J connectivity index is 1.56. The lowest BCUT2D eigenvalue weighted by Crippen LogP contribution is -3.12. The van der Waals surface area contributed by atoms with Gasteiger partial charge in [0.2, 0.25) is 0 Å². The van der Waals surface area contributed by atoms with Crippen LogP contribution in [0.15, 0.2) is 47.1 Å². The third-order valence-corrected chi connectivity index (χ3v) is 5.44. The maximum atomic E-state index is 12.3. The summed E-state index contributed by atoms with van der Waals surface area (Å²) in [7, 11) is 4.12. The van der Waals surface area contributed by atoms with E-state index in [-0.39, 0.29) is 6.04 Å². The molecular formula is C22H32N4O3+2. The van der Waals surface area contributed by atoms with E-state index >= 15 is 0 Å². The van der Waals surface area contributed by atoms with E-state index in [1.54, 1.807) is 6.26 Å². The van der Waals surface area contributed by atoms with Gasteiger partial charge in [-0.25, -0.2) is 0 Å². The van der Waals surface area contributed by atoms with Crippen LogP contribution in [0.1, 0.15) is 29.3 Å². The van der Waals surface area contributed by atoms with Gasteiger partial charge in [0.05, 0.1) is 40.0 Å². The molecule has 2 amide bonds. The summed E-state index contributed by atoms with van der Waals surface area (Å²) in [6.07, 6.45) is 3.49. The fourth-order valence-corrected chi connectivity index (χ4v) is 3.83. The van der Waals surface area contributed by atoms with Crippen LogP contribution in [0, 0.1) is 0 Å². The third kappa shape index (κ3) is 5.92. The minimum absolute atomic E-state index is 0.0348. The molecule has 0 aliphatic carbocycles. The molecule has 0 bridgehead atoms. The van der Waals surface area contributed by atoms with Gasteiger partial charge < -0.3 is 24.9 Å². The SMILES string of the molecule is C[NH+](C)CCCNC(=O)C(=O)NC[C@@H](c1ccco1)[NH+]1CCc2ccccc2C1. The summed E-state index contributed by atoms with van der Waals surface area (Å²) < 4.78 is 5.66. The molecule has 2 aromatic rings. The van der Waals surface area contributed by atoms with E-state index in [2.05, 4.69) is 49.0 Å². The van der Waals surface area contributed by atoms with E-state index in [9.17, 15) is 9.59 Å². The number of hydrogen-bond donors (Lipinski definition) is 4. The molecule has 1 unspecified atom stereocenters. The summed E-state index contributed by atoms with van der Waals surface area (Å²) in [6, 6.07) is 12.2. The van der Waals surface area contributed by atoms with Gasteiger partial charge >= 0.3 is 11.8 Å². The molecule has 1 aliphatic rings. The normalized spacial score (nSPS) is 16.9. The Bertz CT molecular complexity index is 804. The molecular weight excluding hydrogens is 368 g/mol. The minimum atomic E-state index is -0.587. The van der Waals surface area contributed by atoms with Crippen molar-refractivity contribution in [3.63, 3.8) is 0 Å². The number of carbonyl (C=O) groups is 2. The smallest absolute Gasteiger partial charge is 0.309 e.